The number of carbonyl (C=O) groups is 1. The maximum absolute atomic E-state index is 13.3. The number of aromatic hydroxyl groups is 2. The van der Waals surface area contributed by atoms with Crippen molar-refractivity contribution in [2.75, 3.05) is 11.9 Å². The van der Waals surface area contributed by atoms with Crippen LogP contribution in [0.5, 0.6) is 17.2 Å². The lowest BCUT2D eigenvalue weighted by Gasteiger charge is -2.18. The fourth-order valence-electron chi connectivity index (χ4n) is 3.30. The smallest absolute Gasteiger partial charge is 0.262 e. The number of phenolic OH excluding ortho intramolecular Hbond substituents is 2. The van der Waals surface area contributed by atoms with E-state index in [2.05, 4.69) is 15.4 Å². The van der Waals surface area contributed by atoms with Crippen LogP contribution >= 0.6 is 11.3 Å². The fourth-order valence-corrected chi connectivity index (χ4v) is 4.16. The Labute approximate surface area is 196 Å². The number of hydrogen-bond donors (Lipinski definition) is 3. The molecule has 0 saturated heterocycles. The van der Waals surface area contributed by atoms with Crippen molar-refractivity contribution in [2.24, 2.45) is 10.1 Å². The Balaban J connectivity index is 1.62. The molecular formula is C24H17FN4O4S. The van der Waals surface area contributed by atoms with Crippen molar-refractivity contribution in [1.29, 1.82) is 0 Å². The zero-order valence-electron chi connectivity index (χ0n) is 17.5. The number of fused-ring (bicyclic) bond motifs is 1. The molecule has 0 radical (unpaired) electrons. The second-order valence-electron chi connectivity index (χ2n) is 7.34. The number of amides is 1. The van der Waals surface area contributed by atoms with E-state index in [-0.39, 0.29) is 29.8 Å². The molecule has 3 aromatic carbocycles. The van der Waals surface area contributed by atoms with Crippen LogP contribution in [0, 0.1) is 5.82 Å². The van der Waals surface area contributed by atoms with E-state index in [0.29, 0.717) is 33.2 Å². The minimum absolute atomic E-state index is 0.0325. The summed E-state index contributed by atoms with van der Waals surface area (Å²) in [5.41, 5.74) is 3.10. The highest BCUT2D eigenvalue weighted by Crippen LogP contribution is 2.33. The summed E-state index contributed by atoms with van der Waals surface area (Å²) in [6, 6.07) is 15.5. The molecule has 0 bridgehead atoms. The second kappa shape index (κ2) is 8.83. The first-order valence-corrected chi connectivity index (χ1v) is 11.0. The molecule has 3 N–H and O–H groups in total. The Morgan fingerprint density at radius 1 is 1.06 bits per heavy atom. The van der Waals surface area contributed by atoms with Gasteiger partial charge in [-0.05, 0) is 66.2 Å². The van der Waals surface area contributed by atoms with E-state index in [4.69, 9.17) is 4.74 Å². The van der Waals surface area contributed by atoms with Crippen molar-refractivity contribution in [1.82, 2.24) is 4.68 Å². The monoisotopic (exact) mass is 476 g/mol. The van der Waals surface area contributed by atoms with E-state index in [1.807, 2.05) is 11.4 Å². The van der Waals surface area contributed by atoms with Gasteiger partial charge in [-0.3, -0.25) is 4.79 Å². The Kier molecular flexibility index (Phi) is 5.56. The van der Waals surface area contributed by atoms with Gasteiger partial charge in [0.05, 0.1) is 23.3 Å². The van der Waals surface area contributed by atoms with E-state index in [9.17, 15) is 19.4 Å². The third-order valence-electron chi connectivity index (χ3n) is 4.97. The van der Waals surface area contributed by atoms with Crippen LogP contribution in [0.1, 0.15) is 5.56 Å². The predicted octanol–water partition coefficient (Wildman–Crippen LogP) is 4.21. The van der Waals surface area contributed by atoms with Crippen molar-refractivity contribution in [3.8, 4) is 28.5 Å². The minimum atomic E-state index is -0.359. The second-order valence-corrected chi connectivity index (χ2v) is 8.18. The van der Waals surface area contributed by atoms with E-state index in [1.165, 1.54) is 41.8 Å². The average Bonchev–Trinajstić information content (AvgIpc) is 3.23. The van der Waals surface area contributed by atoms with E-state index in [0.717, 1.165) is 5.56 Å². The lowest BCUT2D eigenvalue weighted by Crippen LogP contribution is -2.25. The van der Waals surface area contributed by atoms with Crippen molar-refractivity contribution < 1.29 is 24.1 Å². The molecule has 0 atom stereocenters. The molecule has 170 valence electrons. The number of phenols is 2. The van der Waals surface area contributed by atoms with E-state index >= 15 is 0 Å². The van der Waals surface area contributed by atoms with Gasteiger partial charge in [0.1, 0.15) is 11.6 Å². The van der Waals surface area contributed by atoms with Gasteiger partial charge in [0.25, 0.3) is 5.91 Å². The molecule has 4 aromatic rings. The third kappa shape index (κ3) is 4.39. The first-order chi connectivity index (χ1) is 16.5. The predicted molar refractivity (Wildman–Crippen MR) is 126 cm³/mol. The van der Waals surface area contributed by atoms with Crippen molar-refractivity contribution in [3.05, 3.63) is 82.2 Å². The number of ether oxygens (including phenoxy) is 1. The molecule has 0 spiro atoms. The van der Waals surface area contributed by atoms with Crippen LogP contribution in [-0.4, -0.2) is 33.6 Å². The highest BCUT2D eigenvalue weighted by molar-refractivity contribution is 7.07. The first-order valence-electron chi connectivity index (χ1n) is 10.1. The summed E-state index contributed by atoms with van der Waals surface area (Å²) in [6.07, 6.45) is 1.52. The van der Waals surface area contributed by atoms with Gasteiger partial charge in [-0.2, -0.15) is 5.10 Å². The van der Waals surface area contributed by atoms with Gasteiger partial charge in [-0.25, -0.2) is 14.1 Å². The molecule has 1 amide bonds. The lowest BCUT2D eigenvalue weighted by molar-refractivity contribution is -0.118. The van der Waals surface area contributed by atoms with Crippen LogP contribution < -0.4 is 14.9 Å². The summed E-state index contributed by atoms with van der Waals surface area (Å²) in [6.45, 7) is -0.0325. The number of nitrogens with one attached hydrogen (secondary N) is 1. The van der Waals surface area contributed by atoms with Crippen LogP contribution in [0.15, 0.2) is 76.1 Å². The number of aromatic nitrogens is 1. The summed E-state index contributed by atoms with van der Waals surface area (Å²) < 4.78 is 20.4. The van der Waals surface area contributed by atoms with E-state index in [1.54, 1.807) is 35.0 Å². The summed E-state index contributed by atoms with van der Waals surface area (Å²) in [5.74, 6) is -0.515. The standard InChI is InChI=1S/C24H17FN4O4S/c25-16-3-5-17(6-4-16)27-24-29(26-11-14-1-7-20(30)21(31)9-14)19(13-34-24)15-2-8-22-18(10-15)28-23(32)12-33-22/h1-11,13,30-31H,12H2,(H,28,32)/b26-11+,27-24-. The van der Waals surface area contributed by atoms with Crippen molar-refractivity contribution in [2.45, 2.75) is 0 Å². The average molecular weight is 476 g/mol. The largest absolute Gasteiger partial charge is 0.504 e. The number of benzene rings is 3. The van der Waals surface area contributed by atoms with Crippen LogP contribution in [0.2, 0.25) is 0 Å². The van der Waals surface area contributed by atoms with Crippen LogP contribution in [0.4, 0.5) is 15.8 Å². The molecule has 34 heavy (non-hydrogen) atoms. The molecule has 5 rings (SSSR count). The van der Waals surface area contributed by atoms with Crippen LogP contribution in [0.3, 0.4) is 0 Å². The number of anilines is 1. The van der Waals surface area contributed by atoms with Gasteiger partial charge in [0.2, 0.25) is 4.80 Å². The number of thiazole rings is 1. The Morgan fingerprint density at radius 2 is 1.88 bits per heavy atom. The van der Waals surface area contributed by atoms with Crippen molar-refractivity contribution in [3.63, 3.8) is 0 Å². The number of nitrogens with zero attached hydrogens (tertiary/aromatic N) is 3. The topological polar surface area (TPSA) is 108 Å². The summed E-state index contributed by atoms with van der Waals surface area (Å²) in [5, 5.41) is 28.5. The highest BCUT2D eigenvalue weighted by Gasteiger charge is 2.18. The van der Waals surface area contributed by atoms with Crippen molar-refractivity contribution >= 4 is 34.8 Å². The molecule has 8 nitrogen and oxygen atoms in total. The number of hydrogen-bond acceptors (Lipinski definition) is 7. The summed E-state index contributed by atoms with van der Waals surface area (Å²) >= 11 is 1.33. The van der Waals surface area contributed by atoms with Gasteiger partial charge in [0, 0.05) is 10.9 Å². The molecule has 0 unspecified atom stereocenters. The SMILES string of the molecule is O=C1COc2ccc(-c3cs/c(=N\c4ccc(F)cc4)n3/N=C/c3ccc(O)c(O)c3)cc2N1. The molecule has 10 heteroatoms. The zero-order chi connectivity index (χ0) is 23.7. The fraction of sp³-hybridized carbons (Fsp3) is 0.0417. The number of carbonyl (C=O) groups excluding carboxylic acids is 1. The molecule has 0 saturated carbocycles. The summed E-state index contributed by atoms with van der Waals surface area (Å²) in [4.78, 5) is 16.8. The van der Waals surface area contributed by atoms with Crippen LogP contribution in [0.25, 0.3) is 11.3 Å². The molecule has 0 fully saturated rings. The molecule has 1 aliphatic rings. The van der Waals surface area contributed by atoms with Crippen LogP contribution in [-0.2, 0) is 4.79 Å². The van der Waals surface area contributed by atoms with Gasteiger partial charge in [-0.1, -0.05) is 0 Å². The quantitative estimate of drug-likeness (QED) is 0.303. The molecule has 0 aliphatic carbocycles. The Morgan fingerprint density at radius 3 is 2.68 bits per heavy atom. The normalized spacial score (nSPS) is 13.6. The van der Waals surface area contributed by atoms with Gasteiger partial charge >= 0.3 is 0 Å². The molecule has 2 heterocycles. The number of rotatable bonds is 4. The minimum Gasteiger partial charge on any atom is -0.504 e. The summed E-state index contributed by atoms with van der Waals surface area (Å²) in [7, 11) is 0. The zero-order valence-corrected chi connectivity index (χ0v) is 18.3. The first kappa shape index (κ1) is 21.4. The van der Waals surface area contributed by atoms with E-state index < -0.39 is 0 Å². The highest BCUT2D eigenvalue weighted by atomic mass is 32.1. The van der Waals surface area contributed by atoms with Gasteiger partial charge in [0.15, 0.2) is 18.1 Å². The maximum atomic E-state index is 13.3. The Hall–Kier alpha value is -4.44. The third-order valence-corrected chi connectivity index (χ3v) is 5.78. The van der Waals surface area contributed by atoms with Gasteiger partial charge < -0.3 is 20.3 Å². The molecule has 1 aromatic heterocycles. The lowest BCUT2D eigenvalue weighted by atomic mass is 10.1. The molecule has 1 aliphatic heterocycles. The Bertz CT molecular complexity index is 1490. The maximum Gasteiger partial charge on any atom is 0.262 e. The number of halogens is 1. The van der Waals surface area contributed by atoms with Gasteiger partial charge in [-0.15, -0.1) is 11.3 Å². The molecular weight excluding hydrogens is 459 g/mol.